The smallest absolute Gasteiger partial charge is 0.252 e. The van der Waals surface area contributed by atoms with Gasteiger partial charge in [-0.3, -0.25) is 4.79 Å². The van der Waals surface area contributed by atoms with Gasteiger partial charge in [0, 0.05) is 28.6 Å². The van der Waals surface area contributed by atoms with Crippen molar-refractivity contribution in [2.24, 2.45) is 0 Å². The molecule has 1 heterocycles. The van der Waals surface area contributed by atoms with Gasteiger partial charge in [0.05, 0.1) is 4.90 Å². The van der Waals surface area contributed by atoms with Crippen molar-refractivity contribution in [2.75, 3.05) is 6.54 Å². The Balaban J connectivity index is 1.72. The van der Waals surface area contributed by atoms with Crippen LogP contribution in [0.5, 0.6) is 0 Å². The number of nitrogens with zero attached hydrogens (tertiary/aromatic N) is 1. The summed E-state index contributed by atoms with van der Waals surface area (Å²) < 4.78 is 29.3. The van der Waals surface area contributed by atoms with E-state index in [1.807, 2.05) is 56.3 Å². The van der Waals surface area contributed by atoms with E-state index in [0.717, 1.165) is 32.1 Å². The van der Waals surface area contributed by atoms with Crippen molar-refractivity contribution in [2.45, 2.75) is 31.7 Å². The third-order valence-electron chi connectivity index (χ3n) is 5.77. The summed E-state index contributed by atoms with van der Waals surface area (Å²) in [5.74, 6) is 0. The lowest BCUT2D eigenvalue weighted by Gasteiger charge is -2.23. The quantitative estimate of drug-likeness (QED) is 0.354. The fourth-order valence-corrected chi connectivity index (χ4v) is 5.53. The van der Waals surface area contributed by atoms with Gasteiger partial charge in [-0.2, -0.15) is 4.31 Å². The van der Waals surface area contributed by atoms with E-state index in [9.17, 15) is 13.2 Å². The summed E-state index contributed by atoms with van der Waals surface area (Å²) in [6.45, 7) is 4.22. The first-order valence-corrected chi connectivity index (χ1v) is 12.9. The minimum absolute atomic E-state index is 0.0105. The first-order valence-electron chi connectivity index (χ1n) is 10.7. The van der Waals surface area contributed by atoms with Crippen molar-refractivity contribution in [3.8, 4) is 0 Å². The number of aryl methyl sites for hydroxylation is 2. The number of hydrogen-bond acceptors (Lipinski definition) is 3. The highest BCUT2D eigenvalue weighted by Gasteiger charge is 2.25. The average Bonchev–Trinajstić information content (AvgIpc) is 2.78. The monoisotopic (exact) mass is 524 g/mol. The molecular formula is C26H25BrN2O3S. The van der Waals surface area contributed by atoms with Gasteiger partial charge in [0.2, 0.25) is 10.0 Å². The number of aromatic amines is 1. The first kappa shape index (κ1) is 23.4. The molecule has 0 bridgehead atoms. The normalized spacial score (nSPS) is 11.9. The summed E-state index contributed by atoms with van der Waals surface area (Å²) in [4.78, 5) is 15.9. The largest absolute Gasteiger partial charge is 0.322 e. The Morgan fingerprint density at radius 1 is 0.909 bits per heavy atom. The maximum absolute atomic E-state index is 13.6. The van der Waals surface area contributed by atoms with Gasteiger partial charge in [0.1, 0.15) is 0 Å². The maximum Gasteiger partial charge on any atom is 0.252 e. The van der Waals surface area contributed by atoms with Crippen LogP contribution in [0.15, 0.2) is 87.0 Å². The van der Waals surface area contributed by atoms with E-state index in [4.69, 9.17) is 0 Å². The molecule has 0 saturated carbocycles. The van der Waals surface area contributed by atoms with Crippen LogP contribution in [0.25, 0.3) is 10.9 Å². The molecule has 0 radical (unpaired) electrons. The maximum atomic E-state index is 13.6. The Morgan fingerprint density at radius 3 is 2.36 bits per heavy atom. The van der Waals surface area contributed by atoms with Crippen molar-refractivity contribution < 1.29 is 8.42 Å². The summed E-state index contributed by atoms with van der Waals surface area (Å²) in [6, 6.07) is 22.1. The van der Waals surface area contributed by atoms with E-state index in [1.54, 1.807) is 30.3 Å². The Hall–Kier alpha value is -2.74. The number of halogens is 1. The number of rotatable bonds is 7. The highest BCUT2D eigenvalue weighted by atomic mass is 79.9. The van der Waals surface area contributed by atoms with E-state index in [1.165, 1.54) is 4.31 Å². The molecule has 4 rings (SSSR count). The van der Waals surface area contributed by atoms with Gasteiger partial charge in [0.15, 0.2) is 0 Å². The zero-order chi connectivity index (χ0) is 23.6. The third-order valence-corrected chi connectivity index (χ3v) is 8.16. The number of nitrogens with one attached hydrogen (secondary N) is 1. The molecule has 4 aromatic rings. The Morgan fingerprint density at radius 2 is 1.64 bits per heavy atom. The molecule has 0 spiro atoms. The van der Waals surface area contributed by atoms with Crippen molar-refractivity contribution in [3.05, 3.63) is 110 Å². The second-order valence-corrected chi connectivity index (χ2v) is 11.0. The third kappa shape index (κ3) is 5.27. The number of hydrogen-bond donors (Lipinski definition) is 1. The number of sulfonamides is 1. The van der Waals surface area contributed by atoms with Gasteiger partial charge in [0.25, 0.3) is 5.56 Å². The number of benzene rings is 3. The van der Waals surface area contributed by atoms with E-state index in [0.29, 0.717) is 12.0 Å². The van der Waals surface area contributed by atoms with Crippen LogP contribution in [0.1, 0.15) is 22.3 Å². The molecule has 0 aliphatic carbocycles. The van der Waals surface area contributed by atoms with E-state index >= 15 is 0 Å². The highest BCUT2D eigenvalue weighted by molar-refractivity contribution is 9.10. The van der Waals surface area contributed by atoms with E-state index in [2.05, 4.69) is 20.9 Å². The van der Waals surface area contributed by atoms with Gasteiger partial charge < -0.3 is 4.98 Å². The topological polar surface area (TPSA) is 70.2 Å². The highest BCUT2D eigenvalue weighted by Crippen LogP contribution is 2.22. The van der Waals surface area contributed by atoms with Crippen LogP contribution in [0.2, 0.25) is 0 Å². The molecule has 0 saturated heterocycles. The lowest BCUT2D eigenvalue weighted by atomic mass is 10.1. The second-order valence-electron chi connectivity index (χ2n) is 8.18. The second kappa shape index (κ2) is 9.63. The predicted molar refractivity (Wildman–Crippen MR) is 136 cm³/mol. The molecule has 3 aromatic carbocycles. The molecule has 0 amide bonds. The summed E-state index contributed by atoms with van der Waals surface area (Å²) in [5, 5.41) is 0.870. The fourth-order valence-electron chi connectivity index (χ4n) is 3.84. The van der Waals surface area contributed by atoms with Crippen LogP contribution in [0, 0.1) is 13.8 Å². The molecule has 1 N–H and O–H groups in total. The van der Waals surface area contributed by atoms with Crippen molar-refractivity contribution in [3.63, 3.8) is 0 Å². The van der Waals surface area contributed by atoms with Crippen LogP contribution in [-0.2, 0) is 23.0 Å². The molecule has 170 valence electrons. The van der Waals surface area contributed by atoms with Crippen LogP contribution in [0.3, 0.4) is 0 Å². The molecule has 0 unspecified atom stereocenters. The lowest BCUT2D eigenvalue weighted by molar-refractivity contribution is 0.408. The lowest BCUT2D eigenvalue weighted by Crippen LogP contribution is -2.34. The van der Waals surface area contributed by atoms with Crippen LogP contribution >= 0.6 is 15.9 Å². The van der Waals surface area contributed by atoms with E-state index in [-0.39, 0.29) is 23.5 Å². The Bertz CT molecular complexity index is 1460. The van der Waals surface area contributed by atoms with Crippen molar-refractivity contribution >= 4 is 36.9 Å². The number of H-pyrrole nitrogens is 1. The van der Waals surface area contributed by atoms with Gasteiger partial charge in [-0.25, -0.2) is 8.42 Å². The molecule has 5 nitrogen and oxygen atoms in total. The number of fused-ring (bicyclic) bond motifs is 1. The van der Waals surface area contributed by atoms with Crippen LogP contribution < -0.4 is 5.56 Å². The minimum atomic E-state index is -3.82. The summed E-state index contributed by atoms with van der Waals surface area (Å²) in [5.41, 5.74) is 4.11. The molecule has 0 fully saturated rings. The fraction of sp³-hybridized carbons (Fsp3) is 0.192. The summed E-state index contributed by atoms with van der Waals surface area (Å²) >= 11 is 3.36. The predicted octanol–water partition coefficient (Wildman–Crippen LogP) is 5.34. The molecule has 0 aliphatic heterocycles. The van der Waals surface area contributed by atoms with E-state index < -0.39 is 10.0 Å². The molecule has 0 aliphatic rings. The van der Waals surface area contributed by atoms with Gasteiger partial charge in [-0.1, -0.05) is 52.3 Å². The van der Waals surface area contributed by atoms with Crippen molar-refractivity contribution in [1.29, 1.82) is 0 Å². The van der Waals surface area contributed by atoms with Crippen LogP contribution in [0.4, 0.5) is 0 Å². The number of aromatic nitrogens is 1. The first-order chi connectivity index (χ1) is 15.7. The molecule has 7 heteroatoms. The standard InChI is InChI=1S/C26H25BrN2O3S/c1-18-7-8-21-16-22(26(30)28-25(21)15-18)17-29(14-13-20-6-4-3-5-19(20)2)33(31,32)24-11-9-23(27)10-12-24/h3-12,15-16H,13-14,17H2,1-2H3,(H,28,30). The average molecular weight is 525 g/mol. The zero-order valence-electron chi connectivity index (χ0n) is 18.5. The molecular weight excluding hydrogens is 500 g/mol. The Labute approximate surface area is 202 Å². The van der Waals surface area contributed by atoms with Crippen molar-refractivity contribution in [1.82, 2.24) is 9.29 Å². The summed E-state index contributed by atoms with van der Waals surface area (Å²) in [7, 11) is -3.82. The molecule has 1 aromatic heterocycles. The Kier molecular flexibility index (Phi) is 6.83. The minimum Gasteiger partial charge on any atom is -0.322 e. The molecule has 0 atom stereocenters. The zero-order valence-corrected chi connectivity index (χ0v) is 20.9. The SMILES string of the molecule is Cc1ccc2cc(CN(CCc3ccccc3C)S(=O)(=O)c3ccc(Br)cc3)c(=O)[nH]c2c1. The molecule has 33 heavy (non-hydrogen) atoms. The number of pyridine rings is 1. The summed E-state index contributed by atoms with van der Waals surface area (Å²) in [6.07, 6.45) is 0.549. The van der Waals surface area contributed by atoms with Gasteiger partial charge >= 0.3 is 0 Å². The van der Waals surface area contributed by atoms with Gasteiger partial charge in [-0.05, 0) is 78.7 Å². The van der Waals surface area contributed by atoms with Gasteiger partial charge in [-0.15, -0.1) is 0 Å². The van der Waals surface area contributed by atoms with Crippen LogP contribution in [-0.4, -0.2) is 24.3 Å².